The van der Waals surface area contributed by atoms with Gasteiger partial charge in [0.05, 0.1) is 16.8 Å². The van der Waals surface area contributed by atoms with Crippen molar-refractivity contribution in [1.82, 2.24) is 15.6 Å². The third-order valence-electron chi connectivity index (χ3n) is 5.84. The zero-order valence-corrected chi connectivity index (χ0v) is 18.1. The van der Waals surface area contributed by atoms with Gasteiger partial charge >= 0.3 is 6.03 Å². The highest BCUT2D eigenvalue weighted by Crippen LogP contribution is 2.28. The maximum Gasteiger partial charge on any atom is 0.322 e. The second-order valence-corrected chi connectivity index (χ2v) is 8.15. The van der Waals surface area contributed by atoms with Crippen molar-refractivity contribution >= 4 is 34.4 Å². The van der Waals surface area contributed by atoms with E-state index < -0.39 is 17.5 Å². The monoisotopic (exact) mass is 454 g/mol. The van der Waals surface area contributed by atoms with Crippen LogP contribution in [0.5, 0.6) is 0 Å². The van der Waals surface area contributed by atoms with Crippen LogP contribution in [0.1, 0.15) is 22.8 Å². The number of carbonyl (C=O) groups is 3. The van der Waals surface area contributed by atoms with Gasteiger partial charge < -0.3 is 10.6 Å². The van der Waals surface area contributed by atoms with Crippen LogP contribution >= 0.6 is 0 Å². The van der Waals surface area contributed by atoms with E-state index in [2.05, 4.69) is 20.9 Å². The molecule has 1 atom stereocenters. The number of amides is 4. The van der Waals surface area contributed by atoms with Crippen LogP contribution in [-0.2, 0) is 10.3 Å². The fourth-order valence-corrected chi connectivity index (χ4v) is 3.98. The summed E-state index contributed by atoms with van der Waals surface area (Å²) in [6.45, 7) is 1.60. The number of halogens is 1. The maximum absolute atomic E-state index is 13.4. The number of pyridine rings is 1. The number of nitrogens with one attached hydrogen (secondary N) is 3. The molecule has 5 rings (SSSR count). The van der Waals surface area contributed by atoms with Crippen LogP contribution in [0.25, 0.3) is 22.2 Å². The molecule has 4 amide bonds. The van der Waals surface area contributed by atoms with Gasteiger partial charge in [-0.3, -0.25) is 14.9 Å². The molecule has 1 aliphatic heterocycles. The van der Waals surface area contributed by atoms with Gasteiger partial charge in [0, 0.05) is 16.6 Å². The van der Waals surface area contributed by atoms with Gasteiger partial charge in [-0.1, -0.05) is 30.3 Å². The lowest BCUT2D eigenvalue weighted by atomic mass is 9.92. The van der Waals surface area contributed by atoms with E-state index in [1.807, 2.05) is 24.3 Å². The Balaban J connectivity index is 1.51. The molecule has 7 nitrogen and oxygen atoms in total. The number of aromatic nitrogens is 1. The summed E-state index contributed by atoms with van der Waals surface area (Å²) in [6.07, 6.45) is 0. The highest BCUT2D eigenvalue weighted by atomic mass is 19.1. The lowest BCUT2D eigenvalue weighted by molar-refractivity contribution is -0.123. The van der Waals surface area contributed by atoms with Gasteiger partial charge in [0.1, 0.15) is 11.4 Å². The molecule has 1 aromatic heterocycles. The SMILES string of the molecule is C[C@@]1(c2cccc(NC(=O)c3cc(-c4ccc(F)cc4)nc4ccccc34)c2)NC(=O)NC1=O. The van der Waals surface area contributed by atoms with Crippen LogP contribution in [0.2, 0.25) is 0 Å². The average Bonchev–Trinajstić information content (AvgIpc) is 3.11. The number of hydrogen-bond donors (Lipinski definition) is 3. The Kier molecular flexibility index (Phi) is 5.05. The molecule has 2 heterocycles. The molecule has 0 unspecified atom stereocenters. The average molecular weight is 454 g/mol. The zero-order chi connectivity index (χ0) is 23.9. The highest BCUT2D eigenvalue weighted by molar-refractivity contribution is 6.13. The molecular formula is C26H19FN4O3. The molecule has 0 aliphatic carbocycles. The fraction of sp³-hybridized carbons (Fsp3) is 0.0769. The summed E-state index contributed by atoms with van der Waals surface area (Å²) in [4.78, 5) is 41.9. The first-order chi connectivity index (χ1) is 16.3. The van der Waals surface area contributed by atoms with Crippen molar-refractivity contribution in [2.75, 3.05) is 5.32 Å². The number of anilines is 1. The molecule has 4 aromatic rings. The summed E-state index contributed by atoms with van der Waals surface area (Å²) in [5, 5.41) is 8.38. The molecule has 8 heteroatoms. The number of rotatable bonds is 4. The molecular weight excluding hydrogens is 435 g/mol. The summed E-state index contributed by atoms with van der Waals surface area (Å²) >= 11 is 0. The summed E-state index contributed by atoms with van der Waals surface area (Å²) < 4.78 is 13.4. The summed E-state index contributed by atoms with van der Waals surface area (Å²) in [5.41, 5.74) is 1.99. The fourth-order valence-electron chi connectivity index (χ4n) is 3.98. The Bertz CT molecular complexity index is 1470. The van der Waals surface area contributed by atoms with Gasteiger partial charge in [-0.2, -0.15) is 0 Å². The summed E-state index contributed by atoms with van der Waals surface area (Å²) in [5.74, 6) is -1.20. The van der Waals surface area contributed by atoms with Crippen molar-refractivity contribution in [3.8, 4) is 11.3 Å². The van der Waals surface area contributed by atoms with Crippen molar-refractivity contribution in [2.45, 2.75) is 12.5 Å². The number of urea groups is 1. The Morgan fingerprint density at radius 3 is 2.47 bits per heavy atom. The second kappa shape index (κ2) is 8.08. The molecule has 0 radical (unpaired) electrons. The van der Waals surface area contributed by atoms with Crippen molar-refractivity contribution in [2.24, 2.45) is 0 Å². The lowest BCUT2D eigenvalue weighted by Crippen LogP contribution is -2.40. The van der Waals surface area contributed by atoms with Crippen molar-refractivity contribution < 1.29 is 18.8 Å². The first-order valence-corrected chi connectivity index (χ1v) is 10.5. The van der Waals surface area contributed by atoms with Gasteiger partial charge in [0.15, 0.2) is 0 Å². The van der Waals surface area contributed by atoms with Crippen LogP contribution < -0.4 is 16.0 Å². The normalized spacial score (nSPS) is 17.4. The zero-order valence-electron chi connectivity index (χ0n) is 18.1. The molecule has 1 saturated heterocycles. The Morgan fingerprint density at radius 2 is 1.74 bits per heavy atom. The van der Waals surface area contributed by atoms with E-state index in [0.717, 1.165) is 0 Å². The smallest absolute Gasteiger partial charge is 0.322 e. The first-order valence-electron chi connectivity index (χ1n) is 10.5. The van der Waals surface area contributed by atoms with Crippen LogP contribution in [0.4, 0.5) is 14.9 Å². The minimum atomic E-state index is -1.24. The predicted molar refractivity (Wildman–Crippen MR) is 126 cm³/mol. The van der Waals surface area contributed by atoms with Crippen LogP contribution in [0.15, 0.2) is 78.9 Å². The van der Waals surface area contributed by atoms with Crippen LogP contribution in [-0.4, -0.2) is 22.8 Å². The van der Waals surface area contributed by atoms with E-state index in [1.54, 1.807) is 49.4 Å². The largest absolute Gasteiger partial charge is 0.322 e. The summed E-state index contributed by atoms with van der Waals surface area (Å²) in [7, 11) is 0. The van der Waals surface area contributed by atoms with E-state index in [-0.39, 0.29) is 11.7 Å². The number of hydrogen-bond acceptors (Lipinski definition) is 4. The number of benzene rings is 3. The molecule has 0 spiro atoms. The molecule has 168 valence electrons. The van der Waals surface area contributed by atoms with Gasteiger partial charge in [-0.05, 0) is 61.0 Å². The Labute approximate surface area is 194 Å². The second-order valence-electron chi connectivity index (χ2n) is 8.15. The quantitative estimate of drug-likeness (QED) is 0.399. The van der Waals surface area contributed by atoms with Gasteiger partial charge in [0.25, 0.3) is 11.8 Å². The van der Waals surface area contributed by atoms with Crippen molar-refractivity contribution in [3.05, 3.63) is 95.8 Å². The molecule has 0 bridgehead atoms. The first kappa shape index (κ1) is 21.3. The van der Waals surface area contributed by atoms with Gasteiger partial charge in [0.2, 0.25) is 0 Å². The van der Waals surface area contributed by atoms with E-state index in [4.69, 9.17) is 0 Å². The number of imide groups is 1. The van der Waals surface area contributed by atoms with Crippen molar-refractivity contribution in [3.63, 3.8) is 0 Å². The van der Waals surface area contributed by atoms with E-state index in [1.165, 1.54) is 12.1 Å². The molecule has 1 fully saturated rings. The number of carbonyl (C=O) groups excluding carboxylic acids is 3. The third-order valence-corrected chi connectivity index (χ3v) is 5.84. The third kappa shape index (κ3) is 3.75. The Morgan fingerprint density at radius 1 is 0.971 bits per heavy atom. The Hall–Kier alpha value is -4.59. The van der Waals surface area contributed by atoms with Gasteiger partial charge in [-0.25, -0.2) is 14.2 Å². The lowest BCUT2D eigenvalue weighted by Gasteiger charge is -2.21. The van der Waals surface area contributed by atoms with E-state index >= 15 is 0 Å². The number of fused-ring (bicyclic) bond motifs is 1. The minimum Gasteiger partial charge on any atom is -0.322 e. The van der Waals surface area contributed by atoms with Crippen LogP contribution in [0.3, 0.4) is 0 Å². The highest BCUT2D eigenvalue weighted by Gasteiger charge is 2.43. The molecule has 34 heavy (non-hydrogen) atoms. The minimum absolute atomic E-state index is 0.358. The van der Waals surface area contributed by atoms with Crippen molar-refractivity contribution in [1.29, 1.82) is 0 Å². The molecule has 3 aromatic carbocycles. The molecule has 3 N–H and O–H groups in total. The van der Waals surface area contributed by atoms with Gasteiger partial charge in [-0.15, -0.1) is 0 Å². The van der Waals surface area contributed by atoms with E-state index in [0.29, 0.717) is 39.0 Å². The topological polar surface area (TPSA) is 100 Å². The molecule has 1 aliphatic rings. The standard InChI is InChI=1S/C26H19FN4O3/c1-26(24(33)30-25(34)31-26)16-5-4-6-18(13-16)28-23(32)20-14-22(15-9-11-17(27)12-10-15)29-21-8-3-2-7-19(20)21/h2-14H,1H3,(H,28,32)(H2,30,31,33,34)/t26-/m0/s1. The number of nitrogens with zero attached hydrogens (tertiary/aromatic N) is 1. The summed E-state index contributed by atoms with van der Waals surface area (Å²) in [6, 6.07) is 21.0. The maximum atomic E-state index is 13.4. The number of para-hydroxylation sites is 1. The predicted octanol–water partition coefficient (Wildman–Crippen LogP) is 4.35. The van der Waals surface area contributed by atoms with E-state index in [9.17, 15) is 18.8 Å². The molecule has 0 saturated carbocycles. The van der Waals surface area contributed by atoms with Crippen LogP contribution in [0, 0.1) is 5.82 Å².